The molecule has 2 heterocycles. The van der Waals surface area contributed by atoms with Crippen LogP contribution < -0.4 is 10.2 Å². The number of H-pyrrole nitrogens is 1. The maximum absolute atomic E-state index is 4.63. The molecule has 1 saturated heterocycles. The number of halogens is 1. The van der Waals surface area contributed by atoms with Gasteiger partial charge in [0.2, 0.25) is 5.95 Å². The third-order valence-electron chi connectivity index (χ3n) is 3.53. The molecule has 3 rings (SSSR count). The summed E-state index contributed by atoms with van der Waals surface area (Å²) in [5.41, 5.74) is 2.26. The van der Waals surface area contributed by atoms with Crippen LogP contribution in [0, 0.1) is 6.92 Å². The molecule has 106 valence electrons. The van der Waals surface area contributed by atoms with E-state index in [1.807, 2.05) is 12.1 Å². The Morgan fingerprint density at radius 1 is 1.25 bits per heavy atom. The van der Waals surface area contributed by atoms with Gasteiger partial charge >= 0.3 is 0 Å². The Kier molecular flexibility index (Phi) is 4.03. The third-order valence-corrected chi connectivity index (χ3v) is 4.42. The second kappa shape index (κ2) is 5.93. The van der Waals surface area contributed by atoms with Crippen LogP contribution >= 0.6 is 15.9 Å². The predicted molar refractivity (Wildman–Crippen MR) is 84.0 cm³/mol. The number of hydrogen-bond acceptors (Lipinski definition) is 4. The molecule has 1 aliphatic heterocycles. The van der Waals surface area contributed by atoms with Gasteiger partial charge in [-0.15, -0.1) is 5.10 Å². The lowest BCUT2D eigenvalue weighted by molar-refractivity contribution is 0.724. The standard InChI is InChI=1S/C14H18BrN5/c1-10-9-11(3-4-12(10)15)13-17-14(19-18-13)20-7-2-5-16-6-8-20/h3-4,9,16H,2,5-8H2,1H3,(H,17,18,19). The van der Waals surface area contributed by atoms with Crippen LogP contribution in [0.3, 0.4) is 0 Å². The molecule has 0 radical (unpaired) electrons. The second-order valence-electron chi connectivity index (χ2n) is 5.04. The topological polar surface area (TPSA) is 56.8 Å². The summed E-state index contributed by atoms with van der Waals surface area (Å²) in [6, 6.07) is 6.20. The maximum Gasteiger partial charge on any atom is 0.245 e. The van der Waals surface area contributed by atoms with E-state index < -0.39 is 0 Å². The second-order valence-corrected chi connectivity index (χ2v) is 5.89. The van der Waals surface area contributed by atoms with Gasteiger partial charge in [0.05, 0.1) is 0 Å². The average molecular weight is 336 g/mol. The molecule has 0 atom stereocenters. The number of nitrogens with one attached hydrogen (secondary N) is 2. The van der Waals surface area contributed by atoms with Gasteiger partial charge in [0.1, 0.15) is 0 Å². The number of aryl methyl sites for hydroxylation is 1. The zero-order valence-corrected chi connectivity index (χ0v) is 13.1. The summed E-state index contributed by atoms with van der Waals surface area (Å²) in [7, 11) is 0. The number of aromatic amines is 1. The van der Waals surface area contributed by atoms with Gasteiger partial charge in [0.25, 0.3) is 0 Å². The smallest absolute Gasteiger partial charge is 0.245 e. The molecule has 6 heteroatoms. The van der Waals surface area contributed by atoms with Gasteiger partial charge in [0, 0.05) is 29.7 Å². The summed E-state index contributed by atoms with van der Waals surface area (Å²) in [6.45, 7) is 6.09. The summed E-state index contributed by atoms with van der Waals surface area (Å²) in [5.74, 6) is 1.62. The Morgan fingerprint density at radius 2 is 2.15 bits per heavy atom. The van der Waals surface area contributed by atoms with Crippen molar-refractivity contribution < 1.29 is 0 Å². The number of rotatable bonds is 2. The minimum atomic E-state index is 0.796. The number of hydrogen-bond donors (Lipinski definition) is 2. The average Bonchev–Trinajstić information content (AvgIpc) is 2.78. The van der Waals surface area contributed by atoms with Gasteiger partial charge in [0.15, 0.2) is 5.82 Å². The molecule has 0 saturated carbocycles. The fraction of sp³-hybridized carbons (Fsp3) is 0.429. The molecule has 1 aromatic heterocycles. The van der Waals surface area contributed by atoms with Crippen molar-refractivity contribution in [1.82, 2.24) is 20.5 Å². The van der Waals surface area contributed by atoms with Crippen LogP contribution in [0.15, 0.2) is 22.7 Å². The third kappa shape index (κ3) is 2.86. The Hall–Kier alpha value is -1.40. The summed E-state index contributed by atoms with van der Waals surface area (Å²) in [4.78, 5) is 6.86. The van der Waals surface area contributed by atoms with Gasteiger partial charge in [-0.1, -0.05) is 22.0 Å². The number of nitrogens with zero attached hydrogens (tertiary/aromatic N) is 3. The van der Waals surface area contributed by atoms with E-state index in [1.54, 1.807) is 0 Å². The summed E-state index contributed by atoms with van der Waals surface area (Å²) in [5, 5.41) is 10.8. The van der Waals surface area contributed by atoms with E-state index in [-0.39, 0.29) is 0 Å². The lowest BCUT2D eigenvalue weighted by Crippen LogP contribution is -2.28. The van der Waals surface area contributed by atoms with Crippen LogP contribution in [0.5, 0.6) is 0 Å². The van der Waals surface area contributed by atoms with E-state index in [0.29, 0.717) is 0 Å². The van der Waals surface area contributed by atoms with Gasteiger partial charge in [-0.3, -0.25) is 5.10 Å². The minimum Gasteiger partial charge on any atom is -0.338 e. The normalized spacial score (nSPS) is 16.2. The molecule has 0 amide bonds. The molecule has 2 aromatic rings. The van der Waals surface area contributed by atoms with Gasteiger partial charge < -0.3 is 10.2 Å². The number of anilines is 1. The van der Waals surface area contributed by atoms with E-state index >= 15 is 0 Å². The number of aromatic nitrogens is 3. The van der Waals surface area contributed by atoms with E-state index in [1.165, 1.54) is 5.56 Å². The van der Waals surface area contributed by atoms with Crippen LogP contribution in [0.4, 0.5) is 5.95 Å². The lowest BCUT2D eigenvalue weighted by atomic mass is 10.1. The zero-order valence-electron chi connectivity index (χ0n) is 11.5. The SMILES string of the molecule is Cc1cc(-c2nc(N3CCCNCC3)n[nH]2)ccc1Br. The van der Waals surface area contributed by atoms with Crippen LogP contribution in [0.25, 0.3) is 11.4 Å². The largest absolute Gasteiger partial charge is 0.338 e. The Balaban J connectivity index is 1.83. The van der Waals surface area contributed by atoms with Gasteiger partial charge in [-0.25, -0.2) is 0 Å². The molecular weight excluding hydrogens is 318 g/mol. The van der Waals surface area contributed by atoms with Crippen LogP contribution in [-0.2, 0) is 0 Å². The molecular formula is C14H18BrN5. The van der Waals surface area contributed by atoms with Crippen LogP contribution in [0.2, 0.25) is 0 Å². The fourth-order valence-electron chi connectivity index (χ4n) is 2.36. The zero-order chi connectivity index (χ0) is 13.9. The monoisotopic (exact) mass is 335 g/mol. The highest BCUT2D eigenvalue weighted by molar-refractivity contribution is 9.10. The maximum atomic E-state index is 4.63. The van der Waals surface area contributed by atoms with Crippen LogP contribution in [0.1, 0.15) is 12.0 Å². The van der Waals surface area contributed by atoms with E-state index in [0.717, 1.165) is 54.4 Å². The highest BCUT2D eigenvalue weighted by Gasteiger charge is 2.15. The van der Waals surface area contributed by atoms with Crippen molar-refractivity contribution >= 4 is 21.9 Å². The fourth-order valence-corrected chi connectivity index (χ4v) is 2.61. The molecule has 5 nitrogen and oxygen atoms in total. The minimum absolute atomic E-state index is 0.796. The van der Waals surface area contributed by atoms with E-state index in [4.69, 9.17) is 0 Å². The quantitative estimate of drug-likeness (QED) is 0.884. The van der Waals surface area contributed by atoms with Crippen molar-refractivity contribution in [3.63, 3.8) is 0 Å². The summed E-state index contributed by atoms with van der Waals surface area (Å²) in [6.07, 6.45) is 1.13. The first-order valence-electron chi connectivity index (χ1n) is 6.88. The molecule has 0 aliphatic carbocycles. The summed E-state index contributed by atoms with van der Waals surface area (Å²) >= 11 is 3.52. The van der Waals surface area contributed by atoms with Crippen molar-refractivity contribution in [2.24, 2.45) is 0 Å². The molecule has 0 bridgehead atoms. The molecule has 1 fully saturated rings. The van der Waals surface area contributed by atoms with Gasteiger partial charge in [-0.05, 0) is 37.6 Å². The van der Waals surface area contributed by atoms with E-state index in [2.05, 4.69) is 54.3 Å². The highest BCUT2D eigenvalue weighted by atomic mass is 79.9. The number of benzene rings is 1. The molecule has 1 aromatic carbocycles. The predicted octanol–water partition coefficient (Wildman–Crippen LogP) is 2.34. The first-order valence-corrected chi connectivity index (χ1v) is 7.68. The molecule has 1 aliphatic rings. The van der Waals surface area contributed by atoms with Crippen molar-refractivity contribution in [3.05, 3.63) is 28.2 Å². The highest BCUT2D eigenvalue weighted by Crippen LogP contribution is 2.23. The Morgan fingerprint density at radius 3 is 3.00 bits per heavy atom. The lowest BCUT2D eigenvalue weighted by Gasteiger charge is -2.16. The first kappa shape index (κ1) is 13.6. The molecule has 0 spiro atoms. The van der Waals surface area contributed by atoms with Crippen LogP contribution in [-0.4, -0.2) is 41.4 Å². The summed E-state index contributed by atoms with van der Waals surface area (Å²) < 4.78 is 1.11. The van der Waals surface area contributed by atoms with Crippen molar-refractivity contribution in [2.45, 2.75) is 13.3 Å². The Labute approximate surface area is 126 Å². The Bertz CT molecular complexity index is 587. The van der Waals surface area contributed by atoms with E-state index in [9.17, 15) is 0 Å². The van der Waals surface area contributed by atoms with Crippen molar-refractivity contribution in [3.8, 4) is 11.4 Å². The molecule has 2 N–H and O–H groups in total. The molecule has 20 heavy (non-hydrogen) atoms. The first-order chi connectivity index (χ1) is 9.74. The van der Waals surface area contributed by atoms with Gasteiger partial charge in [-0.2, -0.15) is 4.98 Å². The van der Waals surface area contributed by atoms with Crippen molar-refractivity contribution in [1.29, 1.82) is 0 Å². The van der Waals surface area contributed by atoms with Crippen molar-refractivity contribution in [2.75, 3.05) is 31.1 Å². The molecule has 0 unspecified atom stereocenters.